The number of nitrogens with zero attached hydrogens (tertiary/aromatic N) is 3. The van der Waals surface area contributed by atoms with E-state index in [1.165, 1.54) is 16.5 Å². The van der Waals surface area contributed by atoms with Gasteiger partial charge in [-0.3, -0.25) is 10.0 Å². The molecule has 78 valence electrons. The summed E-state index contributed by atoms with van der Waals surface area (Å²) in [6, 6.07) is 0. The molecule has 0 aliphatic heterocycles. The number of unbranched alkanes of at least 4 members (excludes halogenated alkanes) is 2. The zero-order valence-electron chi connectivity index (χ0n) is 8.10. The number of carbonyl (C=O) groups excluding carboxylic acids is 1. The van der Waals surface area contributed by atoms with E-state index < -0.39 is 5.91 Å². The number of aryl methyl sites for hydroxylation is 1. The van der Waals surface area contributed by atoms with Gasteiger partial charge in [-0.1, -0.05) is 19.8 Å². The van der Waals surface area contributed by atoms with Crippen LogP contribution in [-0.4, -0.2) is 25.9 Å². The van der Waals surface area contributed by atoms with Gasteiger partial charge in [0.2, 0.25) is 5.82 Å². The van der Waals surface area contributed by atoms with Gasteiger partial charge in [-0.2, -0.15) is 5.10 Å². The number of carbonyl (C=O) groups is 1. The summed E-state index contributed by atoms with van der Waals surface area (Å²) in [5.41, 5.74) is 1.54. The van der Waals surface area contributed by atoms with E-state index in [0.29, 0.717) is 6.54 Å². The Morgan fingerprint density at radius 3 is 3.07 bits per heavy atom. The predicted molar refractivity (Wildman–Crippen MR) is 48.8 cm³/mol. The van der Waals surface area contributed by atoms with E-state index in [1.807, 2.05) is 0 Å². The van der Waals surface area contributed by atoms with Crippen LogP contribution >= 0.6 is 0 Å². The summed E-state index contributed by atoms with van der Waals surface area (Å²) in [5, 5.41) is 12.3. The molecule has 0 fully saturated rings. The molecule has 0 aromatic carbocycles. The quantitative estimate of drug-likeness (QED) is 0.412. The number of nitrogens with one attached hydrogen (secondary N) is 1. The molecule has 0 spiro atoms. The molecule has 14 heavy (non-hydrogen) atoms. The van der Waals surface area contributed by atoms with Gasteiger partial charge in [-0.25, -0.2) is 15.1 Å². The third-order valence-electron chi connectivity index (χ3n) is 1.89. The number of rotatable bonds is 5. The van der Waals surface area contributed by atoms with Crippen LogP contribution in [0.15, 0.2) is 6.33 Å². The van der Waals surface area contributed by atoms with Crippen LogP contribution in [-0.2, 0) is 6.54 Å². The van der Waals surface area contributed by atoms with Gasteiger partial charge < -0.3 is 0 Å². The van der Waals surface area contributed by atoms with Crippen molar-refractivity contribution in [3.8, 4) is 0 Å². The average molecular weight is 198 g/mol. The second-order valence-corrected chi connectivity index (χ2v) is 2.95. The van der Waals surface area contributed by atoms with Crippen molar-refractivity contribution < 1.29 is 10.0 Å². The maximum absolute atomic E-state index is 11.0. The summed E-state index contributed by atoms with van der Waals surface area (Å²) in [7, 11) is 0. The van der Waals surface area contributed by atoms with Gasteiger partial charge in [-0.15, -0.1) is 0 Å². The minimum Gasteiger partial charge on any atom is -0.288 e. The molecule has 0 radical (unpaired) electrons. The van der Waals surface area contributed by atoms with Crippen molar-refractivity contribution in [2.24, 2.45) is 0 Å². The molecule has 0 unspecified atom stereocenters. The van der Waals surface area contributed by atoms with Crippen LogP contribution in [0.5, 0.6) is 0 Å². The minimum atomic E-state index is -0.626. The third-order valence-corrected chi connectivity index (χ3v) is 1.89. The van der Waals surface area contributed by atoms with E-state index in [-0.39, 0.29) is 5.82 Å². The van der Waals surface area contributed by atoms with Crippen molar-refractivity contribution in [1.82, 2.24) is 20.2 Å². The normalized spacial score (nSPS) is 10.1. The summed E-state index contributed by atoms with van der Waals surface area (Å²) in [5.74, 6) is -0.484. The van der Waals surface area contributed by atoms with Crippen LogP contribution in [0.25, 0.3) is 0 Å². The van der Waals surface area contributed by atoms with Gasteiger partial charge >= 0.3 is 5.91 Å². The van der Waals surface area contributed by atoms with Gasteiger partial charge in [0.25, 0.3) is 0 Å². The summed E-state index contributed by atoms with van der Waals surface area (Å²) in [6.45, 7) is 2.75. The molecule has 1 aromatic rings. The van der Waals surface area contributed by atoms with E-state index in [0.717, 1.165) is 19.3 Å². The Balaban J connectivity index is 2.58. The first-order valence-corrected chi connectivity index (χ1v) is 4.61. The fraction of sp³-hybridized carbons (Fsp3) is 0.625. The molecule has 6 heteroatoms. The van der Waals surface area contributed by atoms with Crippen LogP contribution in [0.2, 0.25) is 0 Å². The smallest absolute Gasteiger partial charge is 0.288 e. The molecular weight excluding hydrogens is 184 g/mol. The molecule has 1 rings (SSSR count). The number of hydroxylamine groups is 1. The lowest BCUT2D eigenvalue weighted by Crippen LogP contribution is -2.23. The Kier molecular flexibility index (Phi) is 4.06. The Morgan fingerprint density at radius 2 is 2.43 bits per heavy atom. The van der Waals surface area contributed by atoms with Crippen molar-refractivity contribution in [2.75, 3.05) is 0 Å². The molecule has 0 bridgehead atoms. The topological polar surface area (TPSA) is 80.0 Å². The molecule has 0 saturated carbocycles. The van der Waals surface area contributed by atoms with Crippen molar-refractivity contribution in [2.45, 2.75) is 32.7 Å². The summed E-state index contributed by atoms with van der Waals surface area (Å²) in [4.78, 5) is 14.8. The fourth-order valence-corrected chi connectivity index (χ4v) is 1.17. The maximum Gasteiger partial charge on any atom is 0.312 e. The molecule has 0 atom stereocenters. The predicted octanol–water partition coefficient (Wildman–Crippen LogP) is 0.587. The second kappa shape index (κ2) is 5.33. The van der Waals surface area contributed by atoms with E-state index in [4.69, 9.17) is 5.21 Å². The highest BCUT2D eigenvalue weighted by atomic mass is 16.5. The Labute approximate surface area is 81.9 Å². The van der Waals surface area contributed by atoms with E-state index >= 15 is 0 Å². The van der Waals surface area contributed by atoms with Gasteiger partial charge in [0.1, 0.15) is 6.33 Å². The Hall–Kier alpha value is -1.43. The van der Waals surface area contributed by atoms with Crippen LogP contribution in [0.4, 0.5) is 0 Å². The van der Waals surface area contributed by atoms with Crippen LogP contribution in [0.1, 0.15) is 36.8 Å². The molecule has 6 nitrogen and oxygen atoms in total. The highest BCUT2D eigenvalue weighted by Crippen LogP contribution is 2.00. The second-order valence-electron chi connectivity index (χ2n) is 2.95. The zero-order chi connectivity index (χ0) is 10.4. The molecule has 1 amide bonds. The molecule has 1 heterocycles. The van der Waals surface area contributed by atoms with E-state index in [2.05, 4.69) is 17.0 Å². The van der Waals surface area contributed by atoms with Gasteiger partial charge in [0, 0.05) is 6.54 Å². The average Bonchev–Trinajstić information content (AvgIpc) is 2.65. The molecule has 0 aliphatic carbocycles. The van der Waals surface area contributed by atoms with E-state index in [9.17, 15) is 4.79 Å². The van der Waals surface area contributed by atoms with Crippen LogP contribution in [0.3, 0.4) is 0 Å². The highest BCUT2D eigenvalue weighted by molar-refractivity contribution is 5.89. The Bertz CT molecular complexity index is 297. The summed E-state index contributed by atoms with van der Waals surface area (Å²) >= 11 is 0. The summed E-state index contributed by atoms with van der Waals surface area (Å²) in [6.07, 6.45) is 4.44. The Morgan fingerprint density at radius 1 is 1.64 bits per heavy atom. The molecular formula is C8H14N4O2. The standard InChI is InChI=1S/C8H14N4O2/c1-2-3-4-5-12-7(8(13)11-14)9-6-10-12/h6,14H,2-5H2,1H3,(H,11,13). The largest absolute Gasteiger partial charge is 0.312 e. The highest BCUT2D eigenvalue weighted by Gasteiger charge is 2.11. The van der Waals surface area contributed by atoms with Crippen molar-refractivity contribution in [3.63, 3.8) is 0 Å². The lowest BCUT2D eigenvalue weighted by molar-refractivity contribution is 0.0688. The van der Waals surface area contributed by atoms with Gasteiger partial charge in [0.05, 0.1) is 0 Å². The van der Waals surface area contributed by atoms with E-state index in [1.54, 1.807) is 0 Å². The van der Waals surface area contributed by atoms with Crippen molar-refractivity contribution in [1.29, 1.82) is 0 Å². The van der Waals surface area contributed by atoms with Crippen molar-refractivity contribution in [3.05, 3.63) is 12.2 Å². The SMILES string of the molecule is CCCCCn1ncnc1C(=O)NO. The first-order valence-electron chi connectivity index (χ1n) is 4.61. The fourth-order valence-electron chi connectivity index (χ4n) is 1.17. The lowest BCUT2D eigenvalue weighted by atomic mass is 10.2. The number of amides is 1. The zero-order valence-corrected chi connectivity index (χ0v) is 8.10. The van der Waals surface area contributed by atoms with Gasteiger partial charge in [-0.05, 0) is 6.42 Å². The molecule has 2 N–H and O–H groups in total. The summed E-state index contributed by atoms with van der Waals surface area (Å²) < 4.78 is 1.49. The lowest BCUT2D eigenvalue weighted by Gasteiger charge is -2.03. The molecule has 0 saturated heterocycles. The number of hydrogen-bond donors (Lipinski definition) is 2. The molecule has 0 aliphatic rings. The third kappa shape index (κ3) is 2.53. The molecule has 1 aromatic heterocycles. The van der Waals surface area contributed by atoms with Crippen LogP contribution < -0.4 is 5.48 Å². The monoisotopic (exact) mass is 198 g/mol. The van der Waals surface area contributed by atoms with Crippen molar-refractivity contribution >= 4 is 5.91 Å². The number of hydrogen-bond acceptors (Lipinski definition) is 4. The van der Waals surface area contributed by atoms with Gasteiger partial charge in [0.15, 0.2) is 0 Å². The maximum atomic E-state index is 11.0. The number of aromatic nitrogens is 3. The minimum absolute atomic E-state index is 0.142. The van der Waals surface area contributed by atoms with Crippen LogP contribution in [0, 0.1) is 0 Å². The first-order chi connectivity index (χ1) is 6.79. The first kappa shape index (κ1) is 10.6.